The van der Waals surface area contributed by atoms with E-state index in [1.807, 2.05) is 24.0 Å². The van der Waals surface area contributed by atoms with E-state index in [1.165, 1.54) is 7.11 Å². The van der Waals surface area contributed by atoms with Crippen LogP contribution in [0, 0.1) is 23.2 Å². The number of carbonyl (C=O) groups excluding carboxylic acids is 1. The van der Waals surface area contributed by atoms with Gasteiger partial charge in [-0.1, -0.05) is 6.92 Å². The molecule has 2 N–H and O–H groups in total. The van der Waals surface area contributed by atoms with Crippen molar-refractivity contribution in [2.45, 2.75) is 63.6 Å². The molecule has 3 aromatic heterocycles. The summed E-state index contributed by atoms with van der Waals surface area (Å²) >= 11 is 0. The number of pyridine rings is 1. The molecule has 3 aliphatic rings. The molecule has 38 heavy (non-hydrogen) atoms. The van der Waals surface area contributed by atoms with Gasteiger partial charge in [-0.25, -0.2) is 9.37 Å². The first-order chi connectivity index (χ1) is 18.3. The summed E-state index contributed by atoms with van der Waals surface area (Å²) in [5, 5.41) is 19.1. The van der Waals surface area contributed by atoms with E-state index in [-0.39, 0.29) is 35.6 Å². The highest BCUT2D eigenvalue weighted by Gasteiger charge is 2.39. The van der Waals surface area contributed by atoms with Crippen LogP contribution in [0.15, 0.2) is 24.4 Å². The van der Waals surface area contributed by atoms with Gasteiger partial charge in [-0.15, -0.1) is 0 Å². The van der Waals surface area contributed by atoms with E-state index in [2.05, 4.69) is 43.5 Å². The molecule has 1 amide bonds. The largest absolute Gasteiger partial charge is 0.467 e. The Bertz CT molecular complexity index is 1340. The summed E-state index contributed by atoms with van der Waals surface area (Å²) in [6, 6.07) is 7.58. The molecule has 200 valence electrons. The number of fused-ring (bicyclic) bond motifs is 1. The average Bonchev–Trinajstić information content (AvgIpc) is 3.66. The van der Waals surface area contributed by atoms with Gasteiger partial charge in [0, 0.05) is 41.6 Å². The fourth-order valence-electron chi connectivity index (χ4n) is 5.50. The molecule has 2 saturated carbocycles. The minimum Gasteiger partial charge on any atom is -0.467 e. The van der Waals surface area contributed by atoms with Crippen LogP contribution in [0.4, 0.5) is 10.2 Å². The summed E-state index contributed by atoms with van der Waals surface area (Å²) < 4.78 is 20.6. The van der Waals surface area contributed by atoms with Crippen LogP contribution < -0.4 is 15.0 Å². The second-order valence-corrected chi connectivity index (χ2v) is 10.9. The third-order valence-electron chi connectivity index (χ3n) is 7.48. The van der Waals surface area contributed by atoms with Crippen molar-refractivity contribution < 1.29 is 13.9 Å². The number of hydrogen-bond acceptors (Lipinski definition) is 8. The Morgan fingerprint density at radius 2 is 2.11 bits per heavy atom. The number of anilines is 1. The molecule has 2 aliphatic carbocycles. The molecule has 0 spiro atoms. The molecule has 2 unspecified atom stereocenters. The highest BCUT2D eigenvalue weighted by Crippen LogP contribution is 2.37. The minimum atomic E-state index is -1.14. The van der Waals surface area contributed by atoms with E-state index in [1.54, 1.807) is 12.3 Å². The molecular weight excluding hydrogens is 487 g/mol. The minimum absolute atomic E-state index is 0.0907. The number of nitrogens with zero attached hydrogens (tertiary/aromatic N) is 6. The van der Waals surface area contributed by atoms with Crippen molar-refractivity contribution in [2.75, 3.05) is 25.1 Å². The fourth-order valence-corrected chi connectivity index (χ4v) is 5.50. The Balaban J connectivity index is 0.000000529. The number of carbonyl (C=O) groups is 1. The van der Waals surface area contributed by atoms with Crippen LogP contribution in [0.1, 0.15) is 68.1 Å². The van der Waals surface area contributed by atoms with Gasteiger partial charge in [-0.05, 0) is 57.1 Å². The maximum atomic E-state index is 15.4. The van der Waals surface area contributed by atoms with Crippen molar-refractivity contribution in [2.24, 2.45) is 11.8 Å². The third-order valence-corrected chi connectivity index (χ3v) is 7.48. The molecule has 3 fully saturated rings. The zero-order valence-electron chi connectivity index (χ0n) is 21.9. The molecule has 1 aliphatic heterocycles. The molecule has 10 nitrogen and oxygen atoms in total. The van der Waals surface area contributed by atoms with E-state index in [0.29, 0.717) is 36.3 Å². The van der Waals surface area contributed by atoms with Crippen LogP contribution >= 0.6 is 0 Å². The molecule has 4 heterocycles. The number of alkyl halides is 1. The Morgan fingerprint density at radius 3 is 2.74 bits per heavy atom. The molecule has 3 aromatic rings. The van der Waals surface area contributed by atoms with E-state index in [0.717, 1.165) is 36.8 Å². The summed E-state index contributed by atoms with van der Waals surface area (Å²) in [5.74, 6) is 0.930. The molecule has 0 aromatic carbocycles. The summed E-state index contributed by atoms with van der Waals surface area (Å²) in [5.41, 5.74) is 1.36. The monoisotopic (exact) mass is 520 g/mol. The number of amides is 1. The zero-order valence-corrected chi connectivity index (χ0v) is 21.9. The smallest absolute Gasteiger partial charge is 0.318 e. The molecular formula is C27H33FN8O2. The van der Waals surface area contributed by atoms with Gasteiger partial charge in [0.2, 0.25) is 0 Å². The highest BCUT2D eigenvalue weighted by atomic mass is 19.1. The first-order valence-corrected chi connectivity index (χ1v) is 13.1. The number of rotatable bonds is 5. The predicted octanol–water partition coefficient (Wildman–Crippen LogP) is 3.93. The van der Waals surface area contributed by atoms with Gasteiger partial charge < -0.3 is 15.0 Å². The maximum Gasteiger partial charge on any atom is 0.318 e. The Labute approximate surface area is 221 Å². The van der Waals surface area contributed by atoms with Crippen molar-refractivity contribution in [1.82, 2.24) is 30.5 Å². The van der Waals surface area contributed by atoms with Gasteiger partial charge in [0.25, 0.3) is 5.91 Å². The van der Waals surface area contributed by atoms with Crippen molar-refractivity contribution in [3.63, 3.8) is 0 Å². The Kier molecular flexibility index (Phi) is 7.15. The van der Waals surface area contributed by atoms with Crippen LogP contribution in [-0.2, 0) is 0 Å². The van der Waals surface area contributed by atoms with Gasteiger partial charge in [0.15, 0.2) is 5.65 Å². The van der Waals surface area contributed by atoms with E-state index in [9.17, 15) is 4.79 Å². The lowest BCUT2D eigenvalue weighted by molar-refractivity contribution is 0.0766. The van der Waals surface area contributed by atoms with Crippen molar-refractivity contribution >= 4 is 22.8 Å². The molecule has 11 heteroatoms. The third kappa shape index (κ3) is 5.54. The number of methoxy groups -OCH3 is 1. The highest BCUT2D eigenvalue weighted by molar-refractivity contribution is 5.93. The molecule has 6 rings (SSSR count). The summed E-state index contributed by atoms with van der Waals surface area (Å²) in [6.45, 7) is 4.92. The molecule has 1 saturated heterocycles. The number of piperidine rings is 1. The van der Waals surface area contributed by atoms with E-state index >= 15 is 4.39 Å². The Morgan fingerprint density at radius 1 is 1.32 bits per heavy atom. The molecule has 0 bridgehead atoms. The van der Waals surface area contributed by atoms with Gasteiger partial charge in [-0.3, -0.25) is 9.89 Å². The van der Waals surface area contributed by atoms with Crippen LogP contribution in [-0.4, -0.2) is 63.0 Å². The van der Waals surface area contributed by atoms with Crippen LogP contribution in [0.2, 0.25) is 0 Å². The number of aromatic nitrogens is 5. The van der Waals surface area contributed by atoms with Crippen molar-refractivity contribution in [3.8, 4) is 12.1 Å². The van der Waals surface area contributed by atoms with Gasteiger partial charge in [0.1, 0.15) is 17.7 Å². The number of hydrogen-bond donors (Lipinski definition) is 2. The fraction of sp³-hybridized carbons (Fsp3) is 0.556. The second kappa shape index (κ2) is 10.5. The lowest BCUT2D eigenvalue weighted by atomic mass is 9.70. The van der Waals surface area contributed by atoms with E-state index < -0.39 is 6.17 Å². The van der Waals surface area contributed by atoms with Crippen LogP contribution in [0.3, 0.4) is 0 Å². The average molecular weight is 521 g/mol. The second-order valence-electron chi connectivity index (χ2n) is 10.9. The van der Waals surface area contributed by atoms with E-state index in [4.69, 9.17) is 10.00 Å². The number of nitrogens with one attached hydrogen (secondary N) is 2. The number of H-pyrrole nitrogens is 1. The number of halogens is 1. The van der Waals surface area contributed by atoms with Crippen LogP contribution in [0.5, 0.6) is 6.01 Å². The maximum absolute atomic E-state index is 15.4. The lowest BCUT2D eigenvalue weighted by Gasteiger charge is -2.44. The van der Waals surface area contributed by atoms with Gasteiger partial charge >= 0.3 is 6.01 Å². The summed E-state index contributed by atoms with van der Waals surface area (Å²) in [7, 11) is 1.46. The van der Waals surface area contributed by atoms with Gasteiger partial charge in [0.05, 0.1) is 25.4 Å². The number of aromatic amines is 1. The first kappa shape index (κ1) is 25.8. The summed E-state index contributed by atoms with van der Waals surface area (Å²) in [4.78, 5) is 27.6. The quantitative estimate of drug-likeness (QED) is 0.517. The SMILES string of the molecule is COc1nc(C(=O)NC2(C)CC(C)C2)cc(N2CCC(c3[nH]nc4ncccc34)C(F)C2)n1.N#CC1CC1. The topological polar surface area (TPSA) is 133 Å². The normalized spacial score (nSPS) is 26.5. The predicted molar refractivity (Wildman–Crippen MR) is 140 cm³/mol. The first-order valence-electron chi connectivity index (χ1n) is 13.1. The van der Waals surface area contributed by atoms with Gasteiger partial charge in [-0.2, -0.15) is 20.3 Å². The summed E-state index contributed by atoms with van der Waals surface area (Å²) in [6.07, 6.45) is 5.26. The molecule has 0 radical (unpaired) electrons. The number of nitriles is 1. The Hall–Kier alpha value is -3.81. The molecule has 2 atom stereocenters. The number of ether oxygens (including phenoxy) is 1. The zero-order chi connectivity index (χ0) is 26.9. The van der Waals surface area contributed by atoms with Crippen LogP contribution in [0.25, 0.3) is 11.0 Å². The lowest BCUT2D eigenvalue weighted by Crippen LogP contribution is -2.54. The standard InChI is InChI=1S/C23H28FN7O2.C4H5N/c1-13-10-23(2,11-13)28-21(32)17-9-18(27-22(26-17)33-3)31-8-6-14(16(24)12-31)19-15-5-4-7-25-20(15)30-29-19;5-3-4-1-2-4/h4-5,7,9,13-14,16H,6,8,10-12H2,1-3H3,(H,28,32)(H,25,29,30);4H,1-2H2. The van der Waals surface area contributed by atoms with Crippen molar-refractivity contribution in [3.05, 3.63) is 35.8 Å². The van der Waals surface area contributed by atoms with Crippen molar-refractivity contribution in [1.29, 1.82) is 5.26 Å².